The number of hydrogen-bond acceptors (Lipinski definition) is 2. The first-order chi connectivity index (χ1) is 29.1. The first kappa shape index (κ1) is 35.8. The van der Waals surface area contributed by atoms with Gasteiger partial charge in [0.05, 0.1) is 11.0 Å². The minimum absolute atomic E-state index is 1.10. The van der Waals surface area contributed by atoms with Crippen molar-refractivity contribution in [2.45, 2.75) is 13.8 Å². The number of rotatable bonds is 9. The van der Waals surface area contributed by atoms with Crippen LogP contribution >= 0.6 is 0 Å². The van der Waals surface area contributed by atoms with Crippen molar-refractivity contribution in [1.29, 1.82) is 0 Å². The van der Waals surface area contributed by atoms with Gasteiger partial charge in [-0.2, -0.15) is 0 Å². The first-order valence-corrected chi connectivity index (χ1v) is 20.3. The summed E-state index contributed by atoms with van der Waals surface area (Å²) in [7, 11) is 0. The molecule has 0 bridgehead atoms. The molecule has 0 amide bonds. The van der Waals surface area contributed by atoms with Gasteiger partial charge in [0.15, 0.2) is 0 Å². The molecule has 1 heterocycles. The van der Waals surface area contributed by atoms with Crippen molar-refractivity contribution in [1.82, 2.24) is 4.57 Å². The second kappa shape index (κ2) is 15.4. The highest BCUT2D eigenvalue weighted by atomic mass is 15.1. The van der Waals surface area contributed by atoms with Crippen molar-refractivity contribution in [2.24, 2.45) is 0 Å². The molecule has 0 aliphatic heterocycles. The van der Waals surface area contributed by atoms with Crippen molar-refractivity contribution >= 4 is 55.9 Å². The lowest BCUT2D eigenvalue weighted by atomic mass is 9.96. The van der Waals surface area contributed by atoms with Gasteiger partial charge in [0, 0.05) is 50.6 Å². The van der Waals surface area contributed by atoms with Gasteiger partial charge in [-0.1, -0.05) is 133 Å². The molecule has 0 atom stereocenters. The number of nitrogens with zero attached hydrogens (tertiary/aromatic N) is 3. The Kier molecular flexibility index (Phi) is 9.32. The summed E-state index contributed by atoms with van der Waals surface area (Å²) in [6.45, 7) is 4.39. The van der Waals surface area contributed by atoms with E-state index in [1.165, 1.54) is 49.6 Å². The number of aromatic nitrogens is 1. The highest BCUT2D eigenvalue weighted by molar-refractivity contribution is 6.10. The monoisotopic (exact) mass is 757 g/mol. The molecule has 282 valence electrons. The predicted molar refractivity (Wildman–Crippen MR) is 250 cm³/mol. The van der Waals surface area contributed by atoms with Crippen molar-refractivity contribution < 1.29 is 0 Å². The molecule has 10 aromatic rings. The highest BCUT2D eigenvalue weighted by Crippen LogP contribution is 2.41. The second-order valence-electron chi connectivity index (χ2n) is 15.1. The Morgan fingerprint density at radius 1 is 0.305 bits per heavy atom. The molecule has 0 spiro atoms. The summed E-state index contributed by atoms with van der Waals surface area (Å²) in [4.78, 5) is 4.69. The first-order valence-electron chi connectivity index (χ1n) is 20.3. The van der Waals surface area contributed by atoms with Gasteiger partial charge in [-0.15, -0.1) is 0 Å². The number of benzene rings is 9. The van der Waals surface area contributed by atoms with E-state index >= 15 is 0 Å². The lowest BCUT2D eigenvalue weighted by Gasteiger charge is -2.27. The molecule has 0 N–H and O–H groups in total. The standard InChI is InChI=1S/C56H43N3/c1-40-16-12-13-23-51(40)52-36-34-49(38-41(52)2)57(44-17-6-3-7-18-44)47-30-26-42(27-31-47)43-28-32-48(33-29-43)58(45-19-8-4-9-20-45)50-35-37-54-53-24-14-15-25-55(53)59(56(54)39-50)46-21-10-5-11-22-46/h3-39H,1-2H3. The van der Waals surface area contributed by atoms with Gasteiger partial charge in [-0.3, -0.25) is 0 Å². The third-order valence-electron chi connectivity index (χ3n) is 11.4. The number of fused-ring (bicyclic) bond motifs is 3. The van der Waals surface area contributed by atoms with Crippen LogP contribution in [0.3, 0.4) is 0 Å². The molecule has 0 aliphatic rings. The third kappa shape index (κ3) is 6.73. The van der Waals surface area contributed by atoms with Gasteiger partial charge in [0.25, 0.3) is 0 Å². The molecular formula is C56H43N3. The fourth-order valence-electron chi connectivity index (χ4n) is 8.57. The average molecular weight is 758 g/mol. The fraction of sp³-hybridized carbons (Fsp3) is 0.0357. The van der Waals surface area contributed by atoms with Crippen LogP contribution in [0.5, 0.6) is 0 Å². The largest absolute Gasteiger partial charge is 0.310 e. The number of para-hydroxylation sites is 4. The Hall–Kier alpha value is -7.62. The lowest BCUT2D eigenvalue weighted by molar-refractivity contribution is 1.18. The smallest absolute Gasteiger partial charge is 0.0561 e. The van der Waals surface area contributed by atoms with E-state index in [1.807, 2.05) is 0 Å². The summed E-state index contributed by atoms with van der Waals surface area (Å²) < 4.78 is 2.38. The minimum atomic E-state index is 1.10. The Balaban J connectivity index is 0.997. The van der Waals surface area contributed by atoms with Crippen LogP contribution in [0, 0.1) is 13.8 Å². The van der Waals surface area contributed by atoms with Crippen molar-refractivity contribution in [3.8, 4) is 27.9 Å². The topological polar surface area (TPSA) is 11.4 Å². The fourth-order valence-corrected chi connectivity index (χ4v) is 8.57. The van der Waals surface area contributed by atoms with Crippen molar-refractivity contribution in [3.63, 3.8) is 0 Å². The van der Waals surface area contributed by atoms with Crippen LogP contribution in [0.1, 0.15) is 11.1 Å². The maximum atomic E-state index is 2.38. The predicted octanol–water partition coefficient (Wildman–Crippen LogP) is 15.7. The summed E-state index contributed by atoms with van der Waals surface area (Å²) in [5, 5.41) is 2.48. The van der Waals surface area contributed by atoms with E-state index in [-0.39, 0.29) is 0 Å². The van der Waals surface area contributed by atoms with E-state index in [4.69, 9.17) is 0 Å². The molecule has 10 rings (SSSR count). The Morgan fingerprint density at radius 2 is 0.746 bits per heavy atom. The molecule has 0 aliphatic carbocycles. The maximum absolute atomic E-state index is 2.38. The van der Waals surface area contributed by atoms with Gasteiger partial charge >= 0.3 is 0 Å². The van der Waals surface area contributed by atoms with Crippen molar-refractivity contribution in [2.75, 3.05) is 9.80 Å². The number of aryl methyl sites for hydroxylation is 2. The van der Waals surface area contributed by atoms with Crippen LogP contribution in [0.2, 0.25) is 0 Å². The van der Waals surface area contributed by atoms with Crippen LogP contribution in [0.15, 0.2) is 224 Å². The van der Waals surface area contributed by atoms with Gasteiger partial charge in [-0.25, -0.2) is 0 Å². The van der Waals surface area contributed by atoms with Crippen LogP contribution in [-0.2, 0) is 0 Å². The molecule has 59 heavy (non-hydrogen) atoms. The zero-order valence-corrected chi connectivity index (χ0v) is 33.2. The number of anilines is 6. The third-order valence-corrected chi connectivity index (χ3v) is 11.4. The van der Waals surface area contributed by atoms with E-state index in [0.717, 1.165) is 45.4 Å². The van der Waals surface area contributed by atoms with Gasteiger partial charge in [0.1, 0.15) is 0 Å². The summed E-state index contributed by atoms with van der Waals surface area (Å²) in [6.07, 6.45) is 0. The molecule has 0 saturated carbocycles. The minimum Gasteiger partial charge on any atom is -0.310 e. The van der Waals surface area contributed by atoms with E-state index in [9.17, 15) is 0 Å². The van der Waals surface area contributed by atoms with E-state index in [1.54, 1.807) is 0 Å². The summed E-state index contributed by atoms with van der Waals surface area (Å²) in [6, 6.07) is 80.8. The molecule has 3 heteroatoms. The molecular weight excluding hydrogens is 715 g/mol. The van der Waals surface area contributed by atoms with Crippen LogP contribution in [0.4, 0.5) is 34.1 Å². The molecule has 0 unspecified atom stereocenters. The summed E-state index contributed by atoms with van der Waals surface area (Å²) in [5.41, 5.74) is 17.6. The molecule has 0 fully saturated rings. The maximum Gasteiger partial charge on any atom is 0.0561 e. The number of hydrogen-bond donors (Lipinski definition) is 0. The van der Waals surface area contributed by atoms with E-state index in [2.05, 4.69) is 253 Å². The lowest BCUT2D eigenvalue weighted by Crippen LogP contribution is -2.10. The van der Waals surface area contributed by atoms with Crippen LogP contribution in [-0.4, -0.2) is 4.57 Å². The molecule has 1 aromatic heterocycles. The summed E-state index contributed by atoms with van der Waals surface area (Å²) >= 11 is 0. The molecule has 0 saturated heterocycles. The normalized spacial score (nSPS) is 11.2. The quantitative estimate of drug-likeness (QED) is 0.145. The zero-order valence-electron chi connectivity index (χ0n) is 33.2. The molecule has 3 nitrogen and oxygen atoms in total. The van der Waals surface area contributed by atoms with Gasteiger partial charge < -0.3 is 14.4 Å². The average Bonchev–Trinajstić information content (AvgIpc) is 3.62. The van der Waals surface area contributed by atoms with Crippen LogP contribution in [0.25, 0.3) is 49.7 Å². The SMILES string of the molecule is Cc1ccccc1-c1ccc(N(c2ccccc2)c2ccc(-c3ccc(N(c4ccccc4)c4ccc5c6ccccc6n(-c6ccccc6)c5c4)cc3)cc2)cc1C. The van der Waals surface area contributed by atoms with E-state index < -0.39 is 0 Å². The molecule has 0 radical (unpaired) electrons. The Bertz CT molecular complexity index is 3040. The zero-order chi connectivity index (χ0) is 39.7. The van der Waals surface area contributed by atoms with Crippen LogP contribution < -0.4 is 9.80 Å². The summed E-state index contributed by atoms with van der Waals surface area (Å²) in [5.74, 6) is 0. The highest BCUT2D eigenvalue weighted by Gasteiger charge is 2.19. The Morgan fingerprint density at radius 3 is 1.34 bits per heavy atom. The molecule has 9 aromatic carbocycles. The second-order valence-corrected chi connectivity index (χ2v) is 15.1. The van der Waals surface area contributed by atoms with Gasteiger partial charge in [-0.05, 0) is 138 Å². The van der Waals surface area contributed by atoms with E-state index in [0.29, 0.717) is 0 Å². The van der Waals surface area contributed by atoms with Gasteiger partial charge in [0.2, 0.25) is 0 Å². The van der Waals surface area contributed by atoms with Crippen molar-refractivity contribution in [3.05, 3.63) is 236 Å². The Labute approximate surface area is 346 Å².